The van der Waals surface area contributed by atoms with Crippen molar-refractivity contribution in [1.82, 2.24) is 29.0 Å². The minimum Gasteiger partial charge on any atom is -0.450 e. The van der Waals surface area contributed by atoms with Crippen molar-refractivity contribution in [2.45, 2.75) is 18.9 Å². The number of rotatable bonds is 7. The third kappa shape index (κ3) is 4.79. The van der Waals surface area contributed by atoms with Gasteiger partial charge < -0.3 is 4.74 Å². The lowest BCUT2D eigenvalue weighted by atomic mass is 9.89. The number of anilines is 1. The number of carbonyl (C=O) groups excluding carboxylic acids is 1. The number of fused-ring (bicyclic) bond motifs is 1. The van der Waals surface area contributed by atoms with E-state index in [0.717, 1.165) is 11.6 Å². The van der Waals surface area contributed by atoms with Crippen LogP contribution in [0.5, 0.6) is 0 Å². The average molecular weight is 533 g/mol. The molecule has 0 bridgehead atoms. The first-order valence-electron chi connectivity index (χ1n) is 11.8. The second-order valence-electron chi connectivity index (χ2n) is 8.97. The molecule has 0 spiro atoms. The maximum Gasteiger partial charge on any atom is 0.411 e. The second kappa shape index (κ2) is 9.81. The highest BCUT2D eigenvalue weighted by molar-refractivity contribution is 7.88. The number of sulfonamides is 1. The van der Waals surface area contributed by atoms with E-state index in [-0.39, 0.29) is 26.1 Å². The Hall–Kier alpha value is -4.41. The third-order valence-electron chi connectivity index (χ3n) is 6.29. The SMILES string of the molecule is CCOC(=O)Nc1cncc(-c2cc3ncccc3c(-c3ccn(C4(CC#N)CN(S(C)(=O)=O)C4)n3)n2)c1. The van der Waals surface area contributed by atoms with Crippen molar-refractivity contribution in [3.05, 3.63) is 55.1 Å². The van der Waals surface area contributed by atoms with E-state index in [1.54, 1.807) is 42.3 Å². The lowest BCUT2D eigenvalue weighted by Crippen LogP contribution is -2.63. The number of aromatic nitrogens is 5. The number of nitriles is 1. The molecule has 13 heteroatoms. The van der Waals surface area contributed by atoms with Gasteiger partial charge in [0.1, 0.15) is 16.9 Å². The predicted molar refractivity (Wildman–Crippen MR) is 139 cm³/mol. The first-order valence-corrected chi connectivity index (χ1v) is 13.6. The maximum absolute atomic E-state index is 12.0. The molecule has 0 unspecified atom stereocenters. The minimum atomic E-state index is -3.37. The van der Waals surface area contributed by atoms with Crippen LogP contribution in [-0.2, 0) is 20.3 Å². The van der Waals surface area contributed by atoms with Gasteiger partial charge in [0.2, 0.25) is 10.0 Å². The van der Waals surface area contributed by atoms with Crippen LogP contribution in [0.25, 0.3) is 33.5 Å². The smallest absolute Gasteiger partial charge is 0.411 e. The van der Waals surface area contributed by atoms with Gasteiger partial charge in [-0.2, -0.15) is 14.7 Å². The predicted octanol–water partition coefficient (Wildman–Crippen LogP) is 3.01. The number of ether oxygens (including phenoxy) is 1. The molecular formula is C25H24N8O4S. The maximum atomic E-state index is 12.0. The summed E-state index contributed by atoms with van der Waals surface area (Å²) in [5.41, 5.74) is 2.72. The third-order valence-corrected chi connectivity index (χ3v) is 7.49. The highest BCUT2D eigenvalue weighted by Crippen LogP contribution is 2.36. The molecule has 1 N–H and O–H groups in total. The molecule has 1 aliphatic heterocycles. The van der Waals surface area contributed by atoms with Crippen LogP contribution < -0.4 is 5.32 Å². The number of hydrogen-bond acceptors (Lipinski definition) is 9. The standard InChI is InChI=1S/C25H24N8O4S/c1-3-37-24(34)29-18-11-17(13-27-14-18)21-12-22-19(5-4-9-28-22)23(30-21)20-6-10-33(31-20)25(7-8-26)15-32(16-25)38(2,35)36/h4-6,9-14H,3,7,15-16H2,1-2H3,(H,29,34). The Morgan fingerprint density at radius 1 is 1.24 bits per heavy atom. The molecule has 1 fully saturated rings. The van der Waals surface area contributed by atoms with E-state index >= 15 is 0 Å². The van der Waals surface area contributed by atoms with Crippen LogP contribution in [-0.4, -0.2) is 69.5 Å². The molecule has 5 heterocycles. The molecule has 0 atom stereocenters. The van der Waals surface area contributed by atoms with Crippen molar-refractivity contribution < 1.29 is 17.9 Å². The van der Waals surface area contributed by atoms with Crippen molar-refractivity contribution in [1.29, 1.82) is 5.26 Å². The van der Waals surface area contributed by atoms with E-state index in [2.05, 4.69) is 21.4 Å². The fourth-order valence-electron chi connectivity index (χ4n) is 4.40. The summed E-state index contributed by atoms with van der Waals surface area (Å²) in [5.74, 6) is 0. The topological polar surface area (TPSA) is 156 Å². The van der Waals surface area contributed by atoms with Gasteiger partial charge in [0, 0.05) is 42.6 Å². The van der Waals surface area contributed by atoms with Gasteiger partial charge in [0.25, 0.3) is 0 Å². The fourth-order valence-corrected chi connectivity index (χ4v) is 5.35. The van der Waals surface area contributed by atoms with Crippen LogP contribution in [0.3, 0.4) is 0 Å². The molecule has 194 valence electrons. The Morgan fingerprint density at radius 3 is 2.79 bits per heavy atom. The molecular weight excluding hydrogens is 508 g/mol. The van der Waals surface area contributed by atoms with Gasteiger partial charge in [0.05, 0.1) is 48.4 Å². The van der Waals surface area contributed by atoms with Crippen molar-refractivity contribution in [2.75, 3.05) is 31.3 Å². The van der Waals surface area contributed by atoms with Crippen LogP contribution in [0.15, 0.2) is 55.1 Å². The van der Waals surface area contributed by atoms with Gasteiger partial charge in [-0.05, 0) is 37.3 Å². The number of pyridine rings is 3. The highest BCUT2D eigenvalue weighted by atomic mass is 32.2. The normalized spacial score (nSPS) is 15.0. The number of amides is 1. The van der Waals surface area contributed by atoms with E-state index in [0.29, 0.717) is 33.8 Å². The molecule has 38 heavy (non-hydrogen) atoms. The summed E-state index contributed by atoms with van der Waals surface area (Å²) < 4.78 is 31.8. The van der Waals surface area contributed by atoms with Crippen LogP contribution >= 0.6 is 0 Å². The zero-order chi connectivity index (χ0) is 26.9. The second-order valence-corrected chi connectivity index (χ2v) is 11.0. The molecule has 0 radical (unpaired) electrons. The largest absolute Gasteiger partial charge is 0.450 e. The van der Waals surface area contributed by atoms with E-state index < -0.39 is 21.7 Å². The van der Waals surface area contributed by atoms with E-state index in [1.165, 1.54) is 10.5 Å². The van der Waals surface area contributed by atoms with E-state index in [9.17, 15) is 18.5 Å². The van der Waals surface area contributed by atoms with Gasteiger partial charge >= 0.3 is 6.09 Å². The number of nitrogens with zero attached hydrogens (tertiary/aromatic N) is 7. The van der Waals surface area contributed by atoms with E-state index in [1.807, 2.05) is 18.2 Å². The first-order chi connectivity index (χ1) is 18.2. The first kappa shape index (κ1) is 25.2. The number of hydrogen-bond donors (Lipinski definition) is 1. The van der Waals surface area contributed by atoms with Gasteiger partial charge in [-0.3, -0.25) is 20.0 Å². The summed E-state index contributed by atoms with van der Waals surface area (Å²) in [4.78, 5) is 25.4. The summed E-state index contributed by atoms with van der Waals surface area (Å²) in [5, 5.41) is 17.6. The lowest BCUT2D eigenvalue weighted by molar-refractivity contribution is 0.0726. The highest BCUT2D eigenvalue weighted by Gasteiger charge is 2.49. The zero-order valence-corrected chi connectivity index (χ0v) is 21.5. The van der Waals surface area contributed by atoms with Crippen molar-refractivity contribution in [2.24, 2.45) is 0 Å². The van der Waals surface area contributed by atoms with E-state index in [4.69, 9.17) is 14.8 Å². The Kier molecular flexibility index (Phi) is 6.52. The number of nitrogens with one attached hydrogen (secondary N) is 1. The summed E-state index contributed by atoms with van der Waals surface area (Å²) in [7, 11) is -3.37. The molecule has 1 amide bonds. The molecule has 1 aliphatic rings. The molecule has 0 saturated carbocycles. The fraction of sp³-hybridized carbons (Fsp3) is 0.280. The molecule has 1 saturated heterocycles. The van der Waals surface area contributed by atoms with Gasteiger partial charge in [-0.1, -0.05) is 0 Å². The molecule has 0 aromatic carbocycles. The average Bonchev–Trinajstić information content (AvgIpc) is 3.35. The molecule has 12 nitrogen and oxygen atoms in total. The van der Waals surface area contributed by atoms with Crippen LogP contribution in [0.2, 0.25) is 0 Å². The Balaban J connectivity index is 1.54. The molecule has 0 aliphatic carbocycles. The number of carbonyl (C=O) groups is 1. The Labute approximate surface area is 219 Å². The van der Waals surface area contributed by atoms with Gasteiger partial charge in [-0.25, -0.2) is 18.2 Å². The zero-order valence-electron chi connectivity index (χ0n) is 20.7. The van der Waals surface area contributed by atoms with Crippen molar-refractivity contribution in [3.8, 4) is 28.7 Å². The summed E-state index contributed by atoms with van der Waals surface area (Å²) >= 11 is 0. The summed E-state index contributed by atoms with van der Waals surface area (Å²) in [6, 6.07) is 11.2. The van der Waals surface area contributed by atoms with Crippen LogP contribution in [0.4, 0.5) is 10.5 Å². The molecule has 4 aromatic heterocycles. The lowest BCUT2D eigenvalue weighted by Gasteiger charge is -2.47. The summed E-state index contributed by atoms with van der Waals surface area (Å²) in [6.07, 6.45) is 7.25. The Bertz CT molecular complexity index is 1670. The molecule has 5 rings (SSSR count). The quantitative estimate of drug-likeness (QED) is 0.378. The van der Waals surface area contributed by atoms with Gasteiger partial charge in [-0.15, -0.1) is 0 Å². The van der Waals surface area contributed by atoms with Crippen molar-refractivity contribution in [3.63, 3.8) is 0 Å². The van der Waals surface area contributed by atoms with Gasteiger partial charge in [0.15, 0.2) is 0 Å². The molecule has 4 aromatic rings. The Morgan fingerprint density at radius 2 is 2.05 bits per heavy atom. The van der Waals surface area contributed by atoms with Crippen LogP contribution in [0.1, 0.15) is 13.3 Å². The summed E-state index contributed by atoms with van der Waals surface area (Å²) in [6.45, 7) is 2.30. The monoisotopic (exact) mass is 532 g/mol. The minimum absolute atomic E-state index is 0.113. The van der Waals surface area contributed by atoms with Crippen molar-refractivity contribution >= 4 is 32.7 Å². The van der Waals surface area contributed by atoms with Crippen LogP contribution in [0, 0.1) is 11.3 Å².